The van der Waals surface area contributed by atoms with Crippen LogP contribution in [0.3, 0.4) is 0 Å². The van der Waals surface area contributed by atoms with E-state index in [0.29, 0.717) is 5.03 Å². The first-order chi connectivity index (χ1) is 8.19. The number of thioether (sulfide) groups is 1. The van der Waals surface area contributed by atoms with Crippen molar-refractivity contribution in [2.45, 2.75) is 18.9 Å². The Bertz CT molecular complexity index is 435. The second-order valence-electron chi connectivity index (χ2n) is 2.73. The quantitative estimate of drug-likeness (QED) is 0.565. The Labute approximate surface area is 107 Å². The Balaban J connectivity index is 2.68. The lowest BCUT2D eigenvalue weighted by molar-refractivity contribution is -0.145. The van der Waals surface area contributed by atoms with Crippen LogP contribution in [0.15, 0.2) is 9.82 Å². The third-order valence-corrected chi connectivity index (χ3v) is 3.02. The third kappa shape index (κ3) is 4.31. The smallest absolute Gasteiger partial charge is 0.344 e. The van der Waals surface area contributed by atoms with Crippen molar-refractivity contribution in [3.63, 3.8) is 0 Å². The molecule has 0 atom stereocenters. The average molecular weight is 276 g/mol. The van der Waals surface area contributed by atoms with E-state index in [2.05, 4.69) is 13.5 Å². The number of nitrogens with zero attached hydrogens (tertiary/aromatic N) is 2. The number of rotatable bonds is 6. The van der Waals surface area contributed by atoms with E-state index in [9.17, 15) is 9.59 Å². The number of carbonyl (C=O) groups excluding carboxylic acids is 1. The molecule has 0 saturated heterocycles. The lowest BCUT2D eigenvalue weighted by Gasteiger charge is -2.03. The van der Waals surface area contributed by atoms with Crippen LogP contribution in [0.25, 0.3) is 0 Å². The van der Waals surface area contributed by atoms with E-state index in [0.717, 1.165) is 17.5 Å². The van der Waals surface area contributed by atoms with Gasteiger partial charge in [0.1, 0.15) is 0 Å². The largest absolute Gasteiger partial charge is 0.463 e. The fourth-order valence-electron chi connectivity index (χ4n) is 0.919. The van der Waals surface area contributed by atoms with Gasteiger partial charge >= 0.3 is 5.97 Å². The molecule has 0 N–H and O–H groups in total. The van der Waals surface area contributed by atoms with Crippen LogP contribution in [0.1, 0.15) is 13.8 Å². The summed E-state index contributed by atoms with van der Waals surface area (Å²) >= 11 is 2.19. The van der Waals surface area contributed by atoms with E-state index in [1.54, 1.807) is 6.92 Å². The summed E-state index contributed by atoms with van der Waals surface area (Å²) in [7, 11) is 0. The standard InChI is InChI=1S/C9H12N2O4S2/c1-3-14-6(12)5-15-8-7(13)9(16-4-2)11-17-10-8/h3-5H2,1-2H3. The van der Waals surface area contributed by atoms with Gasteiger partial charge in [-0.15, -0.1) is 16.1 Å². The molecule has 0 radical (unpaired) electrons. The van der Waals surface area contributed by atoms with Crippen molar-refractivity contribution in [3.05, 3.63) is 10.2 Å². The summed E-state index contributed by atoms with van der Waals surface area (Å²) in [6, 6.07) is 0. The molecule has 0 aliphatic rings. The molecular formula is C9H12N2O4S2. The number of carbonyl (C=O) groups is 1. The number of hydrogen-bond acceptors (Lipinski definition) is 8. The predicted octanol–water partition coefficient (Wildman–Crippen LogP) is 0.952. The first-order valence-corrected chi connectivity index (χ1v) is 6.68. The zero-order chi connectivity index (χ0) is 12.7. The van der Waals surface area contributed by atoms with E-state index < -0.39 is 5.97 Å². The second kappa shape index (κ2) is 7.23. The summed E-state index contributed by atoms with van der Waals surface area (Å²) < 4.78 is 17.3. The first kappa shape index (κ1) is 13.9. The summed E-state index contributed by atoms with van der Waals surface area (Å²) in [6.45, 7) is 3.56. The van der Waals surface area contributed by atoms with Crippen LogP contribution in [-0.2, 0) is 9.53 Å². The van der Waals surface area contributed by atoms with Crippen molar-refractivity contribution in [1.82, 2.24) is 8.75 Å². The van der Waals surface area contributed by atoms with E-state index in [-0.39, 0.29) is 24.5 Å². The molecule has 0 fully saturated rings. The van der Waals surface area contributed by atoms with Crippen LogP contribution in [0.4, 0.5) is 0 Å². The highest BCUT2D eigenvalue weighted by Crippen LogP contribution is 2.12. The molecule has 6 nitrogen and oxygen atoms in total. The van der Waals surface area contributed by atoms with Crippen molar-refractivity contribution in [3.8, 4) is 5.88 Å². The molecule has 0 saturated carbocycles. The minimum Gasteiger partial charge on any atom is -0.463 e. The van der Waals surface area contributed by atoms with Gasteiger partial charge < -0.3 is 9.47 Å². The van der Waals surface area contributed by atoms with Gasteiger partial charge in [0.05, 0.1) is 18.3 Å². The molecule has 1 heterocycles. The minimum atomic E-state index is -0.528. The molecule has 0 aliphatic carbocycles. The van der Waals surface area contributed by atoms with Gasteiger partial charge in [-0.1, -0.05) is 6.92 Å². The normalized spacial score (nSPS) is 10.0. The SMILES string of the molecule is CCOC(=O)COc1nsnc(SCC)c1=O. The Morgan fingerprint density at radius 1 is 1.41 bits per heavy atom. The topological polar surface area (TPSA) is 78.4 Å². The molecule has 0 aliphatic heterocycles. The van der Waals surface area contributed by atoms with Crippen molar-refractivity contribution >= 4 is 29.5 Å². The number of aromatic nitrogens is 2. The second-order valence-corrected chi connectivity index (χ2v) is 4.51. The van der Waals surface area contributed by atoms with E-state index in [4.69, 9.17) is 4.74 Å². The number of ether oxygens (including phenoxy) is 2. The number of esters is 1. The van der Waals surface area contributed by atoms with E-state index in [1.807, 2.05) is 6.92 Å². The molecule has 1 rings (SSSR count). The summed E-state index contributed by atoms with van der Waals surface area (Å²) in [4.78, 5) is 22.8. The van der Waals surface area contributed by atoms with Crippen molar-refractivity contribution in [1.29, 1.82) is 0 Å². The summed E-state index contributed by atoms with van der Waals surface area (Å²) in [6.07, 6.45) is 0. The van der Waals surface area contributed by atoms with E-state index in [1.165, 1.54) is 11.8 Å². The van der Waals surface area contributed by atoms with E-state index >= 15 is 0 Å². The fraction of sp³-hybridized carbons (Fsp3) is 0.556. The van der Waals surface area contributed by atoms with Crippen LogP contribution < -0.4 is 10.2 Å². The van der Waals surface area contributed by atoms with Gasteiger partial charge in [-0.05, 0) is 12.7 Å². The Kier molecular flexibility index (Phi) is 5.92. The summed E-state index contributed by atoms with van der Waals surface area (Å²) in [5, 5.41) is 0.339. The molecule has 94 valence electrons. The number of hydrogen-bond donors (Lipinski definition) is 0. The maximum absolute atomic E-state index is 11.7. The molecular weight excluding hydrogens is 264 g/mol. The van der Waals surface area contributed by atoms with Gasteiger partial charge in [0.25, 0.3) is 11.3 Å². The lowest BCUT2D eigenvalue weighted by Crippen LogP contribution is -2.19. The van der Waals surface area contributed by atoms with Crippen LogP contribution >= 0.6 is 23.5 Å². The van der Waals surface area contributed by atoms with Crippen LogP contribution in [0.5, 0.6) is 5.88 Å². The van der Waals surface area contributed by atoms with Gasteiger partial charge in [0, 0.05) is 0 Å². The monoisotopic (exact) mass is 276 g/mol. The zero-order valence-corrected chi connectivity index (χ0v) is 11.1. The zero-order valence-electron chi connectivity index (χ0n) is 9.47. The van der Waals surface area contributed by atoms with Crippen LogP contribution in [-0.4, -0.2) is 33.7 Å². The minimum absolute atomic E-state index is 0.103. The maximum Gasteiger partial charge on any atom is 0.344 e. The molecule has 0 spiro atoms. The Morgan fingerprint density at radius 3 is 2.82 bits per heavy atom. The lowest BCUT2D eigenvalue weighted by atomic mass is 10.6. The average Bonchev–Trinajstić information content (AvgIpc) is 2.31. The molecule has 1 aromatic heterocycles. The summed E-state index contributed by atoms with van der Waals surface area (Å²) in [5.41, 5.74) is -0.389. The summed E-state index contributed by atoms with van der Waals surface area (Å²) in [5.74, 6) is 0.102. The molecule has 8 heteroatoms. The van der Waals surface area contributed by atoms with Crippen LogP contribution in [0, 0.1) is 0 Å². The molecule has 0 amide bonds. The van der Waals surface area contributed by atoms with Gasteiger partial charge in [0.2, 0.25) is 0 Å². The van der Waals surface area contributed by atoms with Gasteiger partial charge in [-0.2, -0.15) is 4.37 Å². The Hall–Kier alpha value is -1.15. The molecule has 1 aromatic rings. The third-order valence-electron chi connectivity index (χ3n) is 1.55. The highest BCUT2D eigenvalue weighted by Gasteiger charge is 2.12. The Morgan fingerprint density at radius 2 is 2.18 bits per heavy atom. The first-order valence-electron chi connectivity index (χ1n) is 4.97. The fourth-order valence-corrected chi connectivity index (χ4v) is 2.13. The molecule has 17 heavy (non-hydrogen) atoms. The highest BCUT2D eigenvalue weighted by atomic mass is 32.2. The maximum atomic E-state index is 11.7. The van der Waals surface area contributed by atoms with Crippen molar-refractivity contribution in [2.24, 2.45) is 0 Å². The predicted molar refractivity (Wildman–Crippen MR) is 64.7 cm³/mol. The highest BCUT2D eigenvalue weighted by molar-refractivity contribution is 7.99. The van der Waals surface area contributed by atoms with Gasteiger partial charge in [-0.25, -0.2) is 4.79 Å². The van der Waals surface area contributed by atoms with Gasteiger partial charge in [-0.3, -0.25) is 4.79 Å². The van der Waals surface area contributed by atoms with Crippen LogP contribution in [0.2, 0.25) is 0 Å². The molecule has 0 unspecified atom stereocenters. The van der Waals surface area contributed by atoms with Crippen molar-refractivity contribution < 1.29 is 14.3 Å². The molecule has 0 aromatic carbocycles. The molecule has 0 bridgehead atoms. The van der Waals surface area contributed by atoms with Gasteiger partial charge in [0.15, 0.2) is 11.6 Å². The van der Waals surface area contributed by atoms with Crippen molar-refractivity contribution in [2.75, 3.05) is 19.0 Å².